The summed E-state index contributed by atoms with van der Waals surface area (Å²) in [6.07, 6.45) is 1.84. The fourth-order valence-electron chi connectivity index (χ4n) is 3.85. The van der Waals surface area contributed by atoms with E-state index in [-0.39, 0.29) is 37.4 Å². The number of halogens is 2. The molecule has 1 aromatic rings. The van der Waals surface area contributed by atoms with Crippen molar-refractivity contribution in [1.29, 1.82) is 0 Å². The minimum Gasteiger partial charge on any atom is -0.476 e. The number of anilines is 1. The molecule has 3 atom stereocenters. The van der Waals surface area contributed by atoms with E-state index >= 15 is 0 Å². The second-order valence-corrected chi connectivity index (χ2v) is 8.50. The number of ether oxygens (including phenoxy) is 2. The standard InChI is InChI=1S/C20H28F2N4O4/c21-20(22)10-26(11-20)16-4-3-14(25-19(16)30-8-12-1-2-12)18(28)24-15(7-17(23)27)13-5-6-29-9-13/h3-4,12-13,15,18,24,28H,1-2,5-11H2,(H2,23,27). The molecule has 0 radical (unpaired) electrons. The number of carbonyl (C=O) groups excluding carboxylic acids is 1. The second-order valence-electron chi connectivity index (χ2n) is 8.50. The van der Waals surface area contributed by atoms with Crippen molar-refractivity contribution in [2.45, 2.75) is 43.9 Å². The second kappa shape index (κ2) is 8.60. The molecule has 4 rings (SSSR count). The highest BCUT2D eigenvalue weighted by Gasteiger charge is 2.45. The van der Waals surface area contributed by atoms with Gasteiger partial charge in [0.1, 0.15) is 11.9 Å². The van der Waals surface area contributed by atoms with E-state index in [1.165, 1.54) is 4.90 Å². The average Bonchev–Trinajstić information content (AvgIpc) is 3.34. The molecule has 3 unspecified atom stereocenters. The zero-order valence-corrected chi connectivity index (χ0v) is 16.7. The van der Waals surface area contributed by atoms with Gasteiger partial charge in [-0.1, -0.05) is 0 Å². The number of amides is 1. The quantitative estimate of drug-likeness (QED) is 0.482. The van der Waals surface area contributed by atoms with Crippen molar-refractivity contribution in [1.82, 2.24) is 10.3 Å². The molecule has 30 heavy (non-hydrogen) atoms. The molecule has 0 spiro atoms. The normalized spacial score (nSPS) is 24.9. The van der Waals surface area contributed by atoms with Crippen LogP contribution >= 0.6 is 0 Å². The van der Waals surface area contributed by atoms with Gasteiger partial charge in [-0.3, -0.25) is 10.1 Å². The first-order valence-corrected chi connectivity index (χ1v) is 10.4. The molecule has 166 valence electrons. The maximum absolute atomic E-state index is 13.3. The van der Waals surface area contributed by atoms with E-state index in [9.17, 15) is 18.7 Å². The van der Waals surface area contributed by atoms with Crippen molar-refractivity contribution in [2.75, 3.05) is 37.8 Å². The van der Waals surface area contributed by atoms with Gasteiger partial charge in [-0.15, -0.1) is 0 Å². The van der Waals surface area contributed by atoms with Crippen LogP contribution in [0.25, 0.3) is 0 Å². The summed E-state index contributed by atoms with van der Waals surface area (Å²) in [5, 5.41) is 13.7. The highest BCUT2D eigenvalue weighted by molar-refractivity contribution is 5.74. The van der Waals surface area contributed by atoms with Gasteiger partial charge in [0.05, 0.1) is 32.0 Å². The summed E-state index contributed by atoms with van der Waals surface area (Å²) in [5.74, 6) is -2.42. The Morgan fingerprint density at radius 2 is 2.17 bits per heavy atom. The Kier molecular flexibility index (Phi) is 6.08. The lowest BCUT2D eigenvalue weighted by atomic mass is 9.95. The third-order valence-electron chi connectivity index (χ3n) is 5.81. The van der Waals surface area contributed by atoms with Crippen molar-refractivity contribution in [3.63, 3.8) is 0 Å². The molecule has 2 aliphatic heterocycles. The third kappa shape index (κ3) is 5.16. The molecule has 4 N–H and O–H groups in total. The molecule has 3 aliphatic rings. The Labute approximate surface area is 173 Å². The zero-order valence-electron chi connectivity index (χ0n) is 16.7. The first-order valence-electron chi connectivity index (χ1n) is 10.4. The Balaban J connectivity index is 1.48. The predicted octanol–water partition coefficient (Wildman–Crippen LogP) is 1.19. The van der Waals surface area contributed by atoms with E-state index in [2.05, 4.69) is 10.3 Å². The molecule has 10 heteroatoms. The molecule has 1 aliphatic carbocycles. The van der Waals surface area contributed by atoms with Crippen LogP contribution in [-0.2, 0) is 9.53 Å². The van der Waals surface area contributed by atoms with Crippen LogP contribution in [0.2, 0.25) is 0 Å². The first-order chi connectivity index (χ1) is 14.3. The zero-order chi connectivity index (χ0) is 21.3. The van der Waals surface area contributed by atoms with Gasteiger partial charge < -0.3 is 25.2 Å². The van der Waals surface area contributed by atoms with Gasteiger partial charge in [-0.05, 0) is 37.3 Å². The lowest BCUT2D eigenvalue weighted by Gasteiger charge is -2.40. The molecule has 1 saturated carbocycles. The van der Waals surface area contributed by atoms with Crippen molar-refractivity contribution in [3.05, 3.63) is 17.8 Å². The van der Waals surface area contributed by atoms with Crippen LogP contribution < -0.4 is 20.7 Å². The largest absolute Gasteiger partial charge is 0.476 e. The Hall–Kier alpha value is -2.04. The van der Waals surface area contributed by atoms with E-state index < -0.39 is 18.1 Å². The third-order valence-corrected chi connectivity index (χ3v) is 5.81. The van der Waals surface area contributed by atoms with E-state index in [1.807, 2.05) is 0 Å². The van der Waals surface area contributed by atoms with Gasteiger partial charge in [0.2, 0.25) is 11.8 Å². The van der Waals surface area contributed by atoms with Crippen LogP contribution in [0.5, 0.6) is 5.88 Å². The van der Waals surface area contributed by atoms with Crippen LogP contribution in [0, 0.1) is 11.8 Å². The van der Waals surface area contributed by atoms with Crippen molar-refractivity contribution < 1.29 is 28.2 Å². The number of alkyl halides is 2. The Bertz CT molecular complexity index is 763. The summed E-state index contributed by atoms with van der Waals surface area (Å²) in [6, 6.07) is 2.87. The number of nitrogens with one attached hydrogen (secondary N) is 1. The number of hydrogen-bond donors (Lipinski definition) is 3. The SMILES string of the molecule is NC(=O)CC(NC(O)c1ccc(N2CC(F)(F)C2)c(OCC2CC2)n1)C1CCOC1. The molecule has 8 nitrogen and oxygen atoms in total. The molecule has 0 bridgehead atoms. The molecule has 0 aromatic carbocycles. The first kappa shape index (κ1) is 21.2. The average molecular weight is 426 g/mol. The number of nitrogens with zero attached hydrogens (tertiary/aromatic N) is 2. The molecule has 2 saturated heterocycles. The van der Waals surface area contributed by atoms with Gasteiger partial charge in [0.15, 0.2) is 0 Å². The highest BCUT2D eigenvalue weighted by Crippen LogP contribution is 2.38. The Morgan fingerprint density at radius 1 is 1.40 bits per heavy atom. The molecule has 1 amide bonds. The number of aliphatic hydroxyl groups is 1. The number of rotatable bonds is 10. The smallest absolute Gasteiger partial charge is 0.282 e. The number of nitrogens with two attached hydrogens (primary N) is 1. The van der Waals surface area contributed by atoms with Crippen molar-refractivity contribution >= 4 is 11.6 Å². The van der Waals surface area contributed by atoms with E-state index in [0.717, 1.165) is 19.3 Å². The van der Waals surface area contributed by atoms with E-state index in [1.54, 1.807) is 12.1 Å². The van der Waals surface area contributed by atoms with E-state index in [0.29, 0.717) is 37.1 Å². The summed E-state index contributed by atoms with van der Waals surface area (Å²) < 4.78 is 37.9. The van der Waals surface area contributed by atoms with Crippen molar-refractivity contribution in [3.8, 4) is 5.88 Å². The van der Waals surface area contributed by atoms with Gasteiger partial charge in [0, 0.05) is 25.0 Å². The molecular formula is C20H28F2N4O4. The number of pyridine rings is 1. The fraction of sp³-hybridized carbons (Fsp3) is 0.700. The van der Waals surface area contributed by atoms with Gasteiger partial charge in [-0.25, -0.2) is 13.8 Å². The summed E-state index contributed by atoms with van der Waals surface area (Å²) >= 11 is 0. The lowest BCUT2D eigenvalue weighted by Crippen LogP contribution is -2.56. The van der Waals surface area contributed by atoms with Crippen molar-refractivity contribution in [2.24, 2.45) is 17.6 Å². The fourth-order valence-corrected chi connectivity index (χ4v) is 3.85. The maximum Gasteiger partial charge on any atom is 0.282 e. The lowest BCUT2D eigenvalue weighted by molar-refractivity contribution is -0.119. The molecule has 3 heterocycles. The maximum atomic E-state index is 13.3. The van der Waals surface area contributed by atoms with Crippen LogP contribution in [0.4, 0.5) is 14.5 Å². The molecule has 3 fully saturated rings. The number of hydrogen-bond acceptors (Lipinski definition) is 7. The van der Waals surface area contributed by atoms with Gasteiger partial charge in [-0.2, -0.15) is 0 Å². The van der Waals surface area contributed by atoms with Gasteiger partial charge in [0.25, 0.3) is 5.92 Å². The van der Waals surface area contributed by atoms with Crippen LogP contribution in [0.1, 0.15) is 37.6 Å². The molecular weight excluding hydrogens is 398 g/mol. The minimum absolute atomic E-state index is 0.0559. The minimum atomic E-state index is -2.71. The Morgan fingerprint density at radius 3 is 2.77 bits per heavy atom. The van der Waals surface area contributed by atoms with Crippen LogP contribution in [0.3, 0.4) is 0 Å². The molecule has 1 aromatic heterocycles. The number of aliphatic hydroxyl groups excluding tert-OH is 1. The number of carbonyl (C=O) groups is 1. The summed E-state index contributed by atoms with van der Waals surface area (Å²) in [6.45, 7) is 0.808. The van der Waals surface area contributed by atoms with Gasteiger partial charge >= 0.3 is 0 Å². The highest BCUT2D eigenvalue weighted by atomic mass is 19.3. The topological polar surface area (TPSA) is 110 Å². The predicted molar refractivity (Wildman–Crippen MR) is 104 cm³/mol. The number of aromatic nitrogens is 1. The summed E-state index contributed by atoms with van der Waals surface area (Å²) in [4.78, 5) is 17.4. The monoisotopic (exact) mass is 426 g/mol. The van der Waals surface area contributed by atoms with Crippen LogP contribution in [0.15, 0.2) is 12.1 Å². The number of primary amides is 1. The summed E-state index contributed by atoms with van der Waals surface area (Å²) in [7, 11) is 0. The summed E-state index contributed by atoms with van der Waals surface area (Å²) in [5.41, 5.74) is 6.16. The van der Waals surface area contributed by atoms with E-state index in [4.69, 9.17) is 15.2 Å². The van der Waals surface area contributed by atoms with Crippen LogP contribution in [-0.4, -0.2) is 60.9 Å².